The Morgan fingerprint density at radius 3 is 1.72 bits per heavy atom. The summed E-state index contributed by atoms with van der Waals surface area (Å²) in [6.45, 7) is 29.5. The molecule has 0 saturated heterocycles. The van der Waals surface area contributed by atoms with Crippen molar-refractivity contribution in [3.05, 3.63) is 118 Å². The van der Waals surface area contributed by atoms with Crippen LogP contribution in [0.1, 0.15) is 110 Å². The van der Waals surface area contributed by atoms with Crippen LogP contribution in [0.2, 0.25) is 0 Å². The van der Waals surface area contributed by atoms with E-state index in [1.54, 1.807) is 0 Å². The summed E-state index contributed by atoms with van der Waals surface area (Å²) in [4.78, 5) is 0. The average molecular weight is 651 g/mol. The maximum absolute atomic E-state index is 3.69. The van der Waals surface area contributed by atoms with Crippen LogP contribution in [0.3, 0.4) is 0 Å². The van der Waals surface area contributed by atoms with Crippen molar-refractivity contribution in [2.45, 2.75) is 107 Å². The molecule has 0 amide bonds. The zero-order valence-electron chi connectivity index (χ0n) is 29.3. The largest absolute Gasteiger partial charge is 0.184 e. The van der Waals surface area contributed by atoms with Gasteiger partial charge in [0.2, 0.25) is 0 Å². The van der Waals surface area contributed by atoms with Gasteiger partial charge in [-0.2, -0.15) is 65.7 Å². The molecule has 0 spiro atoms. The third-order valence-electron chi connectivity index (χ3n) is 8.06. The molecule has 1 atom stereocenters. The Morgan fingerprint density at radius 2 is 1.33 bits per heavy atom. The quantitative estimate of drug-likeness (QED) is 0.180. The first-order valence-corrected chi connectivity index (χ1v) is 17.4. The van der Waals surface area contributed by atoms with Crippen molar-refractivity contribution in [2.75, 3.05) is 0 Å². The van der Waals surface area contributed by atoms with E-state index >= 15 is 0 Å². The van der Waals surface area contributed by atoms with Crippen molar-refractivity contribution in [1.82, 2.24) is 0 Å². The van der Waals surface area contributed by atoms with Gasteiger partial charge in [0.25, 0.3) is 0 Å². The van der Waals surface area contributed by atoms with Crippen LogP contribution < -0.4 is 0 Å². The minimum atomic E-state index is 0.163. The third kappa shape index (κ3) is 10.2. The van der Waals surface area contributed by atoms with Crippen LogP contribution in [0, 0.1) is 49.3 Å². The summed E-state index contributed by atoms with van der Waals surface area (Å²) >= 11 is 1.30. The van der Waals surface area contributed by atoms with Gasteiger partial charge in [0.1, 0.15) is 0 Å². The van der Waals surface area contributed by atoms with Crippen LogP contribution in [0.4, 0.5) is 0 Å². The molecule has 2 aliphatic rings. The average Bonchev–Trinajstić information content (AvgIpc) is 3.54. The molecule has 1 heteroatoms. The molecular formula is C42H55Zr-3. The second kappa shape index (κ2) is 15.3. The van der Waals surface area contributed by atoms with Gasteiger partial charge in [-0.25, -0.2) is 6.08 Å². The van der Waals surface area contributed by atoms with E-state index in [1.165, 1.54) is 74.3 Å². The number of fused-ring (bicyclic) bond motifs is 3. The molecule has 3 aromatic carbocycles. The minimum Gasteiger partial charge on any atom is -0.184 e. The first-order valence-electron chi connectivity index (χ1n) is 15.7. The number of rotatable bonds is 1. The molecule has 0 saturated carbocycles. The Bertz CT molecular complexity index is 1300. The Labute approximate surface area is 280 Å². The molecule has 0 nitrogen and oxygen atoms in total. The summed E-state index contributed by atoms with van der Waals surface area (Å²) in [5, 5.41) is 0. The monoisotopic (exact) mass is 649 g/mol. The maximum Gasteiger partial charge on any atom is -0.171 e. The van der Waals surface area contributed by atoms with E-state index in [1.807, 2.05) is 30.3 Å². The molecular weight excluding hydrogens is 596 g/mol. The first kappa shape index (κ1) is 37.1. The summed E-state index contributed by atoms with van der Waals surface area (Å²) in [7, 11) is 0. The van der Waals surface area contributed by atoms with Crippen LogP contribution >= 0.6 is 0 Å². The predicted octanol–water partition coefficient (Wildman–Crippen LogP) is 11.3. The Morgan fingerprint density at radius 1 is 0.767 bits per heavy atom. The summed E-state index contributed by atoms with van der Waals surface area (Å²) in [6.07, 6.45) is 8.93. The standard InChI is InChI=1S/C23H29.C12H19.C6H5.CH2.Zr/c1-14-9-16-11-17-10-15(2)21(23(6,7)8)13-19(17)18(16)12-20(14)22(3,4)5;1-9(2)10-6-7-11(8-10)12(3,4)5;1-2-4-6-5-3-1;;/h9,12-13H,11H2,1-8H3;7-10H,1-5H3;1-5H;1H2;/q3*-1;;. The number of hydrogen-bond donors (Lipinski definition) is 0. The van der Waals surface area contributed by atoms with E-state index in [9.17, 15) is 0 Å². The van der Waals surface area contributed by atoms with Crippen molar-refractivity contribution in [3.8, 4) is 11.1 Å². The minimum absolute atomic E-state index is 0.163. The molecule has 5 rings (SSSR count). The summed E-state index contributed by atoms with van der Waals surface area (Å²) in [6, 6.07) is 23.4. The summed E-state index contributed by atoms with van der Waals surface area (Å²) < 4.78 is 3.34. The SMILES string of the molecule is CC(C)C1[C-]=CC(C(C)(C)C)=C1.Cc1[c-]c2c(cc1C(C)(C)C)-c1cc(C(C)(C)C)c(C)cc1C2.[CH2]=[Zr].[c-]1ccccc1. The van der Waals surface area contributed by atoms with Crippen molar-refractivity contribution in [3.63, 3.8) is 0 Å². The third-order valence-corrected chi connectivity index (χ3v) is 8.06. The van der Waals surface area contributed by atoms with E-state index in [0.29, 0.717) is 11.8 Å². The van der Waals surface area contributed by atoms with Gasteiger partial charge in [-0.15, -0.1) is 16.7 Å². The molecule has 2 aliphatic carbocycles. The Hall–Kier alpha value is -2.11. The fraction of sp³-hybridized carbons (Fsp3) is 0.452. The van der Waals surface area contributed by atoms with Crippen molar-refractivity contribution < 1.29 is 24.2 Å². The molecule has 0 heterocycles. The predicted molar refractivity (Wildman–Crippen MR) is 186 cm³/mol. The molecule has 230 valence electrons. The van der Waals surface area contributed by atoms with Gasteiger partial charge < -0.3 is 0 Å². The first-order chi connectivity index (χ1) is 19.9. The van der Waals surface area contributed by atoms with Crippen LogP contribution in [0.25, 0.3) is 11.1 Å². The fourth-order valence-electron chi connectivity index (χ4n) is 5.69. The van der Waals surface area contributed by atoms with Crippen molar-refractivity contribution in [2.24, 2.45) is 17.3 Å². The number of allylic oxidation sites excluding steroid dienone is 4. The smallest absolute Gasteiger partial charge is 0.171 e. The molecule has 0 N–H and O–H groups in total. The van der Waals surface area contributed by atoms with E-state index in [4.69, 9.17) is 0 Å². The van der Waals surface area contributed by atoms with Gasteiger partial charge in [0.15, 0.2) is 0 Å². The van der Waals surface area contributed by atoms with Crippen LogP contribution in [-0.2, 0) is 41.5 Å². The summed E-state index contributed by atoms with van der Waals surface area (Å²) in [5.74, 6) is 1.22. The van der Waals surface area contributed by atoms with E-state index in [0.717, 1.165) is 6.42 Å². The Balaban J connectivity index is 0.000000267. The van der Waals surface area contributed by atoms with Crippen LogP contribution in [0.5, 0.6) is 0 Å². The van der Waals surface area contributed by atoms with E-state index in [-0.39, 0.29) is 16.2 Å². The number of hydrogen-bond acceptors (Lipinski definition) is 0. The van der Waals surface area contributed by atoms with E-state index < -0.39 is 0 Å². The Kier molecular flexibility index (Phi) is 13.2. The molecule has 0 radical (unpaired) electrons. The van der Waals surface area contributed by atoms with Crippen molar-refractivity contribution in [1.29, 1.82) is 0 Å². The van der Waals surface area contributed by atoms with Gasteiger partial charge in [-0.1, -0.05) is 123 Å². The van der Waals surface area contributed by atoms with Gasteiger partial charge in [-0.05, 0) is 35.4 Å². The molecule has 3 aromatic rings. The van der Waals surface area contributed by atoms with Gasteiger partial charge in [0.05, 0.1) is 0 Å². The topological polar surface area (TPSA) is 0 Å². The zero-order chi connectivity index (χ0) is 32.8. The molecule has 0 aromatic heterocycles. The summed E-state index contributed by atoms with van der Waals surface area (Å²) in [5.41, 5.74) is 13.3. The second-order valence-corrected chi connectivity index (χ2v) is 15.2. The molecule has 0 fully saturated rings. The maximum atomic E-state index is 3.69. The van der Waals surface area contributed by atoms with Crippen LogP contribution in [0.15, 0.2) is 66.3 Å². The van der Waals surface area contributed by atoms with Gasteiger partial charge in [0, 0.05) is 0 Å². The number of aryl methyl sites for hydroxylation is 2. The molecule has 0 bridgehead atoms. The number of benzene rings is 3. The second-order valence-electron chi connectivity index (χ2n) is 15.2. The van der Waals surface area contributed by atoms with E-state index in [2.05, 4.69) is 143 Å². The molecule has 1 unspecified atom stereocenters. The van der Waals surface area contributed by atoms with Gasteiger partial charge >= 0.3 is 28.4 Å². The normalized spacial score (nSPS) is 15.2. The fourth-order valence-corrected chi connectivity index (χ4v) is 5.69. The van der Waals surface area contributed by atoms with Gasteiger partial charge in [-0.3, -0.25) is 6.08 Å². The van der Waals surface area contributed by atoms with Crippen LogP contribution in [-0.4, -0.2) is 4.21 Å². The molecule has 0 aliphatic heterocycles. The van der Waals surface area contributed by atoms with Crippen molar-refractivity contribution >= 4 is 4.21 Å². The zero-order valence-corrected chi connectivity index (χ0v) is 31.8. The molecule has 43 heavy (non-hydrogen) atoms.